The maximum atomic E-state index is 5.38. The summed E-state index contributed by atoms with van der Waals surface area (Å²) in [6, 6.07) is 0. The Morgan fingerprint density at radius 1 is 1.55 bits per heavy atom. The summed E-state index contributed by atoms with van der Waals surface area (Å²) in [6.45, 7) is 6.23. The molecular weight excluding hydrogens is 136 g/mol. The Bertz CT molecular complexity index is 217. The number of hydrogen-bond acceptors (Lipinski definition) is 1. The summed E-state index contributed by atoms with van der Waals surface area (Å²) < 4.78 is 5.38. The second-order valence-corrected chi connectivity index (χ2v) is 3.04. The fraction of sp³-hybridized carbons (Fsp3) is 0.400. The molecule has 0 radical (unpaired) electrons. The standard InChI is InChI=1S/C10H14O/c1-8(2)7-10-9(3)5-4-6-11-10/h4-7,10H,1-3H3. The summed E-state index contributed by atoms with van der Waals surface area (Å²) >= 11 is 0. The molecule has 1 unspecified atom stereocenters. The van der Waals surface area contributed by atoms with Gasteiger partial charge in [-0.25, -0.2) is 0 Å². The van der Waals surface area contributed by atoms with Crippen molar-refractivity contribution in [3.05, 3.63) is 35.6 Å². The van der Waals surface area contributed by atoms with Crippen LogP contribution in [0.4, 0.5) is 0 Å². The molecule has 1 heteroatoms. The molecule has 1 nitrogen and oxygen atoms in total. The summed E-state index contributed by atoms with van der Waals surface area (Å²) in [5.74, 6) is 0. The molecule has 1 aliphatic heterocycles. The van der Waals surface area contributed by atoms with E-state index in [1.54, 1.807) is 6.26 Å². The smallest absolute Gasteiger partial charge is 0.137 e. The minimum Gasteiger partial charge on any atom is -0.490 e. The van der Waals surface area contributed by atoms with Gasteiger partial charge in [-0.1, -0.05) is 11.6 Å². The maximum Gasteiger partial charge on any atom is 0.137 e. The first-order chi connectivity index (χ1) is 5.20. The highest BCUT2D eigenvalue weighted by Crippen LogP contribution is 2.14. The van der Waals surface area contributed by atoms with E-state index in [1.165, 1.54) is 11.1 Å². The van der Waals surface area contributed by atoms with Crippen LogP contribution in [0, 0.1) is 0 Å². The van der Waals surface area contributed by atoms with Gasteiger partial charge in [-0.05, 0) is 38.5 Å². The quantitative estimate of drug-likeness (QED) is 0.522. The van der Waals surface area contributed by atoms with E-state index in [4.69, 9.17) is 4.74 Å². The average molecular weight is 150 g/mol. The SMILES string of the molecule is CC(C)=CC1OC=CC=C1C. The van der Waals surface area contributed by atoms with Gasteiger partial charge >= 0.3 is 0 Å². The molecule has 0 aromatic rings. The van der Waals surface area contributed by atoms with Crippen LogP contribution in [0.15, 0.2) is 35.6 Å². The molecule has 0 saturated carbocycles. The monoisotopic (exact) mass is 150 g/mol. The van der Waals surface area contributed by atoms with Crippen molar-refractivity contribution < 1.29 is 4.74 Å². The summed E-state index contributed by atoms with van der Waals surface area (Å²) in [4.78, 5) is 0. The Kier molecular flexibility index (Phi) is 2.53. The van der Waals surface area contributed by atoms with Gasteiger partial charge in [0.05, 0.1) is 6.26 Å². The summed E-state index contributed by atoms with van der Waals surface area (Å²) in [6.07, 6.45) is 8.01. The third-order valence-electron chi connectivity index (χ3n) is 1.60. The van der Waals surface area contributed by atoms with Crippen LogP contribution in [0.1, 0.15) is 20.8 Å². The van der Waals surface area contributed by atoms with Gasteiger partial charge in [0.15, 0.2) is 0 Å². The number of rotatable bonds is 1. The van der Waals surface area contributed by atoms with Crippen molar-refractivity contribution in [2.24, 2.45) is 0 Å². The van der Waals surface area contributed by atoms with Gasteiger partial charge in [-0.2, -0.15) is 0 Å². The second kappa shape index (κ2) is 3.42. The summed E-state index contributed by atoms with van der Waals surface area (Å²) in [5, 5.41) is 0. The van der Waals surface area contributed by atoms with E-state index >= 15 is 0 Å². The van der Waals surface area contributed by atoms with Crippen LogP contribution in [0.3, 0.4) is 0 Å². The molecule has 60 valence electrons. The fourth-order valence-corrected chi connectivity index (χ4v) is 0.997. The third-order valence-corrected chi connectivity index (χ3v) is 1.60. The number of ether oxygens (including phenoxy) is 1. The minimum atomic E-state index is 0.157. The molecule has 0 bridgehead atoms. The van der Waals surface area contributed by atoms with E-state index in [0.29, 0.717) is 0 Å². The van der Waals surface area contributed by atoms with Gasteiger partial charge in [0.2, 0.25) is 0 Å². The van der Waals surface area contributed by atoms with Crippen LogP contribution in [0.25, 0.3) is 0 Å². The van der Waals surface area contributed by atoms with Crippen molar-refractivity contribution in [3.8, 4) is 0 Å². The molecule has 0 aromatic carbocycles. The van der Waals surface area contributed by atoms with E-state index in [2.05, 4.69) is 32.9 Å². The van der Waals surface area contributed by atoms with Gasteiger partial charge in [-0.3, -0.25) is 0 Å². The first-order valence-corrected chi connectivity index (χ1v) is 3.84. The predicted molar refractivity (Wildman–Crippen MR) is 47.2 cm³/mol. The maximum absolute atomic E-state index is 5.38. The molecule has 0 aliphatic carbocycles. The van der Waals surface area contributed by atoms with Crippen LogP contribution < -0.4 is 0 Å². The van der Waals surface area contributed by atoms with Crippen molar-refractivity contribution in [1.29, 1.82) is 0 Å². The molecule has 0 N–H and O–H groups in total. The van der Waals surface area contributed by atoms with E-state index in [9.17, 15) is 0 Å². The van der Waals surface area contributed by atoms with Crippen LogP contribution in [0.2, 0.25) is 0 Å². The van der Waals surface area contributed by atoms with Crippen molar-refractivity contribution in [2.45, 2.75) is 26.9 Å². The first kappa shape index (κ1) is 8.12. The number of allylic oxidation sites excluding steroid dienone is 3. The van der Waals surface area contributed by atoms with Crippen molar-refractivity contribution in [2.75, 3.05) is 0 Å². The van der Waals surface area contributed by atoms with E-state index in [0.717, 1.165) is 0 Å². The molecule has 0 aromatic heterocycles. The summed E-state index contributed by atoms with van der Waals surface area (Å²) in [5.41, 5.74) is 2.55. The van der Waals surface area contributed by atoms with E-state index in [1.807, 2.05) is 6.08 Å². The molecule has 1 rings (SSSR count). The van der Waals surface area contributed by atoms with Crippen LogP contribution in [-0.4, -0.2) is 6.10 Å². The molecule has 0 amide bonds. The lowest BCUT2D eigenvalue weighted by atomic mass is 10.1. The highest BCUT2D eigenvalue weighted by atomic mass is 16.5. The average Bonchev–Trinajstić information content (AvgIpc) is 1.93. The Morgan fingerprint density at radius 3 is 2.82 bits per heavy atom. The lowest BCUT2D eigenvalue weighted by Crippen LogP contribution is -2.10. The minimum absolute atomic E-state index is 0.157. The Balaban J connectivity index is 2.69. The van der Waals surface area contributed by atoms with Gasteiger partial charge in [0.25, 0.3) is 0 Å². The Morgan fingerprint density at radius 2 is 2.27 bits per heavy atom. The predicted octanol–water partition coefficient (Wildman–Crippen LogP) is 2.81. The van der Waals surface area contributed by atoms with Gasteiger partial charge in [0.1, 0.15) is 6.10 Å². The van der Waals surface area contributed by atoms with E-state index in [-0.39, 0.29) is 6.10 Å². The van der Waals surface area contributed by atoms with Crippen molar-refractivity contribution in [1.82, 2.24) is 0 Å². The van der Waals surface area contributed by atoms with E-state index < -0.39 is 0 Å². The summed E-state index contributed by atoms with van der Waals surface area (Å²) in [7, 11) is 0. The van der Waals surface area contributed by atoms with Crippen molar-refractivity contribution in [3.63, 3.8) is 0 Å². The van der Waals surface area contributed by atoms with Crippen molar-refractivity contribution >= 4 is 0 Å². The molecule has 1 atom stereocenters. The lowest BCUT2D eigenvalue weighted by Gasteiger charge is -2.16. The van der Waals surface area contributed by atoms with Gasteiger partial charge in [-0.15, -0.1) is 0 Å². The van der Waals surface area contributed by atoms with Crippen LogP contribution in [0.5, 0.6) is 0 Å². The zero-order valence-electron chi connectivity index (χ0n) is 7.29. The zero-order valence-corrected chi connectivity index (χ0v) is 7.29. The normalized spacial score (nSPS) is 22.1. The van der Waals surface area contributed by atoms with Crippen LogP contribution >= 0.6 is 0 Å². The highest BCUT2D eigenvalue weighted by molar-refractivity contribution is 5.23. The highest BCUT2D eigenvalue weighted by Gasteiger charge is 2.08. The Labute approximate surface area is 68.1 Å². The second-order valence-electron chi connectivity index (χ2n) is 3.04. The zero-order chi connectivity index (χ0) is 8.27. The first-order valence-electron chi connectivity index (χ1n) is 3.84. The Hall–Kier alpha value is -0.980. The lowest BCUT2D eigenvalue weighted by molar-refractivity contribution is 0.212. The molecule has 0 saturated heterocycles. The molecule has 0 fully saturated rings. The number of hydrogen-bond donors (Lipinski definition) is 0. The van der Waals surface area contributed by atoms with Gasteiger partial charge in [0, 0.05) is 0 Å². The fourth-order valence-electron chi connectivity index (χ4n) is 0.997. The van der Waals surface area contributed by atoms with Crippen LogP contribution in [-0.2, 0) is 4.74 Å². The third kappa shape index (κ3) is 2.26. The molecule has 11 heavy (non-hydrogen) atoms. The molecule has 1 heterocycles. The largest absolute Gasteiger partial charge is 0.490 e. The molecule has 1 aliphatic rings. The molecular formula is C10H14O. The van der Waals surface area contributed by atoms with Gasteiger partial charge < -0.3 is 4.74 Å². The molecule has 0 spiro atoms. The topological polar surface area (TPSA) is 9.23 Å².